The summed E-state index contributed by atoms with van der Waals surface area (Å²) in [6.45, 7) is 1.51. The Hall–Kier alpha value is -1.93. The highest BCUT2D eigenvalue weighted by atomic mass is 16.2. The summed E-state index contributed by atoms with van der Waals surface area (Å²) in [5.74, 6) is 0.418. The maximum atomic E-state index is 12.5. The molecular weight excluding hydrogens is 252 g/mol. The van der Waals surface area contributed by atoms with Crippen molar-refractivity contribution in [2.24, 2.45) is 0 Å². The van der Waals surface area contributed by atoms with Crippen molar-refractivity contribution in [1.82, 2.24) is 15.2 Å². The minimum atomic E-state index is -0.234. The molecule has 0 bridgehead atoms. The summed E-state index contributed by atoms with van der Waals surface area (Å²) in [5.41, 5.74) is 1.17. The molecule has 2 fully saturated rings. The molecule has 0 saturated carbocycles. The van der Waals surface area contributed by atoms with E-state index in [-0.39, 0.29) is 18.0 Å². The number of amides is 1. The third kappa shape index (κ3) is 2.39. The Morgan fingerprint density at radius 2 is 2.45 bits per heavy atom. The molecular formula is C15H18N4O. The monoisotopic (exact) mass is 270 g/mol. The molecule has 20 heavy (non-hydrogen) atoms. The Bertz CT molecular complexity index is 524. The van der Waals surface area contributed by atoms with Gasteiger partial charge in [0, 0.05) is 25.5 Å². The van der Waals surface area contributed by atoms with Gasteiger partial charge in [-0.25, -0.2) is 0 Å². The molecule has 3 atom stereocenters. The molecule has 5 nitrogen and oxygen atoms in total. The molecule has 5 heteroatoms. The van der Waals surface area contributed by atoms with Gasteiger partial charge >= 0.3 is 0 Å². The molecule has 1 aromatic rings. The first-order valence-electron chi connectivity index (χ1n) is 7.13. The summed E-state index contributed by atoms with van der Waals surface area (Å²) in [5, 5.41) is 12.4. The molecule has 0 aromatic carbocycles. The zero-order valence-corrected chi connectivity index (χ0v) is 11.3. The molecule has 3 heterocycles. The van der Waals surface area contributed by atoms with Crippen LogP contribution in [0.15, 0.2) is 24.5 Å². The molecule has 1 N–H and O–H groups in total. The zero-order chi connectivity index (χ0) is 13.9. The number of nitriles is 1. The number of rotatable bonds is 2. The Kier molecular flexibility index (Phi) is 3.66. The average molecular weight is 270 g/mol. The molecule has 0 aliphatic carbocycles. The van der Waals surface area contributed by atoms with Crippen molar-refractivity contribution in [1.29, 1.82) is 5.26 Å². The van der Waals surface area contributed by atoms with Gasteiger partial charge in [-0.2, -0.15) is 5.26 Å². The maximum Gasteiger partial charge on any atom is 0.240 e. The standard InChI is InChI=1S/C15H18N4O/c16-8-13-4-2-6-19(13)15(20)14-7-12(10-18-14)11-3-1-5-17-9-11/h1,3,5,9,12-14,18H,2,4,6-7,10H2/t12-,13-,14-/m0/s1. The largest absolute Gasteiger partial charge is 0.325 e. The van der Waals surface area contributed by atoms with Crippen molar-refractivity contribution >= 4 is 5.91 Å². The second-order valence-corrected chi connectivity index (χ2v) is 5.50. The van der Waals surface area contributed by atoms with Crippen molar-refractivity contribution in [2.45, 2.75) is 37.3 Å². The Morgan fingerprint density at radius 1 is 1.55 bits per heavy atom. The van der Waals surface area contributed by atoms with Crippen LogP contribution < -0.4 is 5.32 Å². The second kappa shape index (κ2) is 5.59. The van der Waals surface area contributed by atoms with E-state index in [9.17, 15) is 4.79 Å². The molecule has 0 unspecified atom stereocenters. The Balaban J connectivity index is 1.65. The molecule has 1 aromatic heterocycles. The lowest BCUT2D eigenvalue weighted by atomic mass is 9.97. The van der Waals surface area contributed by atoms with Crippen LogP contribution in [0.5, 0.6) is 0 Å². The summed E-state index contributed by atoms with van der Waals surface area (Å²) >= 11 is 0. The van der Waals surface area contributed by atoms with Crippen molar-refractivity contribution in [3.8, 4) is 6.07 Å². The summed E-state index contributed by atoms with van der Waals surface area (Å²) in [7, 11) is 0. The van der Waals surface area contributed by atoms with Crippen LogP contribution >= 0.6 is 0 Å². The number of carbonyl (C=O) groups excluding carboxylic acids is 1. The second-order valence-electron chi connectivity index (χ2n) is 5.50. The van der Waals surface area contributed by atoms with Gasteiger partial charge in [0.05, 0.1) is 12.1 Å². The zero-order valence-electron chi connectivity index (χ0n) is 11.3. The first kappa shape index (κ1) is 13.1. The van der Waals surface area contributed by atoms with E-state index in [2.05, 4.69) is 22.4 Å². The summed E-state index contributed by atoms with van der Waals surface area (Å²) in [6, 6.07) is 5.82. The van der Waals surface area contributed by atoms with Gasteiger partial charge in [-0.1, -0.05) is 6.07 Å². The minimum absolute atomic E-state index is 0.0837. The van der Waals surface area contributed by atoms with Gasteiger partial charge in [-0.3, -0.25) is 9.78 Å². The van der Waals surface area contributed by atoms with Gasteiger partial charge < -0.3 is 10.2 Å². The lowest BCUT2D eigenvalue weighted by Crippen LogP contribution is -2.45. The van der Waals surface area contributed by atoms with E-state index in [0.717, 1.165) is 25.8 Å². The normalized spacial score (nSPS) is 29.4. The van der Waals surface area contributed by atoms with Crippen LogP contribution in [-0.2, 0) is 4.79 Å². The minimum Gasteiger partial charge on any atom is -0.325 e. The molecule has 0 radical (unpaired) electrons. The van der Waals surface area contributed by atoms with Gasteiger partial charge in [0.1, 0.15) is 6.04 Å². The number of nitrogens with zero attached hydrogens (tertiary/aromatic N) is 3. The molecule has 2 aliphatic rings. The molecule has 2 saturated heterocycles. The van der Waals surface area contributed by atoms with Crippen LogP contribution in [0.25, 0.3) is 0 Å². The quantitative estimate of drug-likeness (QED) is 0.872. The fourth-order valence-electron chi connectivity index (χ4n) is 3.16. The average Bonchev–Trinajstić information content (AvgIpc) is 3.16. The molecule has 1 amide bonds. The Morgan fingerprint density at radius 3 is 3.20 bits per heavy atom. The highest BCUT2D eigenvalue weighted by molar-refractivity contribution is 5.83. The lowest BCUT2D eigenvalue weighted by Gasteiger charge is -2.23. The van der Waals surface area contributed by atoms with E-state index in [0.29, 0.717) is 12.5 Å². The van der Waals surface area contributed by atoms with Crippen LogP contribution in [0, 0.1) is 11.3 Å². The fourth-order valence-corrected chi connectivity index (χ4v) is 3.16. The molecule has 2 aliphatic heterocycles. The van der Waals surface area contributed by atoms with Gasteiger partial charge in [0.15, 0.2) is 0 Å². The van der Waals surface area contributed by atoms with E-state index in [1.165, 1.54) is 5.56 Å². The number of hydrogen-bond acceptors (Lipinski definition) is 4. The summed E-state index contributed by atoms with van der Waals surface area (Å²) in [6.07, 6.45) is 6.16. The van der Waals surface area contributed by atoms with E-state index in [1.54, 1.807) is 11.1 Å². The van der Waals surface area contributed by atoms with Crippen molar-refractivity contribution in [3.63, 3.8) is 0 Å². The van der Waals surface area contributed by atoms with E-state index >= 15 is 0 Å². The Labute approximate surface area is 118 Å². The van der Waals surface area contributed by atoms with Gasteiger partial charge in [0.25, 0.3) is 0 Å². The number of likely N-dealkylation sites (tertiary alicyclic amines) is 1. The van der Waals surface area contributed by atoms with Crippen molar-refractivity contribution in [3.05, 3.63) is 30.1 Å². The first-order chi connectivity index (χ1) is 9.79. The van der Waals surface area contributed by atoms with Crippen LogP contribution in [0.1, 0.15) is 30.7 Å². The highest BCUT2D eigenvalue weighted by Gasteiger charge is 2.37. The number of nitrogens with one attached hydrogen (secondary N) is 1. The number of carbonyl (C=O) groups is 1. The van der Waals surface area contributed by atoms with Crippen molar-refractivity contribution in [2.75, 3.05) is 13.1 Å². The third-order valence-corrected chi connectivity index (χ3v) is 4.27. The SMILES string of the molecule is N#C[C@@H]1CCCN1C(=O)[C@@H]1C[C@H](c2cccnc2)CN1. The smallest absolute Gasteiger partial charge is 0.240 e. The molecule has 3 rings (SSSR count). The van der Waals surface area contributed by atoms with E-state index in [1.807, 2.05) is 12.3 Å². The maximum absolute atomic E-state index is 12.5. The number of aromatic nitrogens is 1. The van der Waals surface area contributed by atoms with Gasteiger partial charge in [0.2, 0.25) is 5.91 Å². The van der Waals surface area contributed by atoms with E-state index < -0.39 is 0 Å². The third-order valence-electron chi connectivity index (χ3n) is 4.27. The summed E-state index contributed by atoms with van der Waals surface area (Å²) < 4.78 is 0. The molecule has 104 valence electrons. The van der Waals surface area contributed by atoms with Crippen LogP contribution in [0.3, 0.4) is 0 Å². The van der Waals surface area contributed by atoms with Crippen LogP contribution in [0.2, 0.25) is 0 Å². The number of hydrogen-bond donors (Lipinski definition) is 1. The topological polar surface area (TPSA) is 69.0 Å². The first-order valence-corrected chi connectivity index (χ1v) is 7.13. The fraction of sp³-hybridized carbons (Fsp3) is 0.533. The predicted molar refractivity (Wildman–Crippen MR) is 73.7 cm³/mol. The number of pyridine rings is 1. The van der Waals surface area contributed by atoms with E-state index in [4.69, 9.17) is 5.26 Å². The summed E-state index contributed by atoms with van der Waals surface area (Å²) in [4.78, 5) is 18.4. The van der Waals surface area contributed by atoms with Gasteiger partial charge in [-0.05, 0) is 36.8 Å². The molecule has 0 spiro atoms. The highest BCUT2D eigenvalue weighted by Crippen LogP contribution is 2.27. The van der Waals surface area contributed by atoms with Crippen molar-refractivity contribution < 1.29 is 4.79 Å². The van der Waals surface area contributed by atoms with Crippen LogP contribution in [0.4, 0.5) is 0 Å². The predicted octanol–water partition coefficient (Wildman–Crippen LogP) is 1.04. The van der Waals surface area contributed by atoms with Gasteiger partial charge in [-0.15, -0.1) is 0 Å². The van der Waals surface area contributed by atoms with Crippen LogP contribution in [-0.4, -0.2) is 41.0 Å². The lowest BCUT2D eigenvalue weighted by molar-refractivity contribution is -0.133.